The first kappa shape index (κ1) is 14.2. The van der Waals surface area contributed by atoms with Gasteiger partial charge in [0.15, 0.2) is 0 Å². The minimum absolute atomic E-state index is 0.0812. The summed E-state index contributed by atoms with van der Waals surface area (Å²) < 4.78 is 0. The van der Waals surface area contributed by atoms with E-state index in [1.807, 2.05) is 0 Å². The van der Waals surface area contributed by atoms with Gasteiger partial charge in [-0.1, -0.05) is 24.3 Å². The number of halogens is 1. The Labute approximate surface area is 99.6 Å². The molecule has 0 aromatic carbocycles. The molecule has 0 spiro atoms. The molecule has 0 radical (unpaired) electrons. The highest BCUT2D eigenvalue weighted by Gasteiger charge is 2.04. The number of nitrogens with two attached hydrogens (primary N) is 1. The van der Waals surface area contributed by atoms with Crippen molar-refractivity contribution in [3.63, 3.8) is 0 Å². The van der Waals surface area contributed by atoms with Gasteiger partial charge in [0.1, 0.15) is 10.9 Å². The van der Waals surface area contributed by atoms with E-state index >= 15 is 0 Å². The number of aliphatic hydroxyl groups is 1. The van der Waals surface area contributed by atoms with Crippen LogP contribution in [0.25, 0.3) is 0 Å². The van der Waals surface area contributed by atoms with Gasteiger partial charge in [-0.15, -0.1) is 0 Å². The van der Waals surface area contributed by atoms with Crippen molar-refractivity contribution in [2.45, 2.75) is 6.92 Å². The van der Waals surface area contributed by atoms with Gasteiger partial charge in [-0.05, 0) is 25.3 Å². The Kier molecular flexibility index (Phi) is 5.88. The van der Waals surface area contributed by atoms with Crippen molar-refractivity contribution in [1.82, 2.24) is 0 Å². The van der Waals surface area contributed by atoms with Crippen molar-refractivity contribution in [3.8, 4) is 0 Å². The third-order valence-electron chi connectivity index (χ3n) is 1.72. The molecule has 0 rings (SSSR count). The molecule has 0 atom stereocenters. The molecule has 4 N–H and O–H groups in total. The van der Waals surface area contributed by atoms with E-state index in [0.29, 0.717) is 11.1 Å². The maximum Gasteiger partial charge on any atom is 0.147 e. The second-order valence-electron chi connectivity index (χ2n) is 2.92. The smallest absolute Gasteiger partial charge is 0.147 e. The van der Waals surface area contributed by atoms with Gasteiger partial charge in [0.05, 0.1) is 5.70 Å². The highest BCUT2D eigenvalue weighted by atomic mass is 35.5. The number of hydrogen-bond donors (Lipinski definition) is 3. The Hall–Kier alpha value is -1.81. The standard InChI is InChI=1S/C11H14ClN3O/c1-4-8(6-15-3)10(16)9(13)5-7(2)11(12)14/h4-6,14,16H,1,3,13H2,2H3/b7-5-,8-6+,10-9+,14-11?. The van der Waals surface area contributed by atoms with Gasteiger partial charge < -0.3 is 10.8 Å². The SMILES string of the molecule is C=CC(=C\N=C)/C(O)=C(N)/C=C(/C)C(=N)Cl. The third kappa shape index (κ3) is 4.14. The van der Waals surface area contributed by atoms with E-state index in [0.717, 1.165) is 0 Å². The highest BCUT2D eigenvalue weighted by molar-refractivity contribution is 6.68. The summed E-state index contributed by atoms with van der Waals surface area (Å²) in [6.45, 7) is 8.37. The van der Waals surface area contributed by atoms with E-state index < -0.39 is 0 Å². The van der Waals surface area contributed by atoms with E-state index in [1.165, 1.54) is 18.4 Å². The van der Waals surface area contributed by atoms with Gasteiger partial charge in [0.25, 0.3) is 0 Å². The normalized spacial score (nSPS) is 14.1. The first-order valence-electron chi connectivity index (χ1n) is 4.34. The van der Waals surface area contributed by atoms with Crippen molar-refractivity contribution < 1.29 is 5.11 Å². The van der Waals surface area contributed by atoms with Crippen LogP contribution in [0.15, 0.2) is 52.5 Å². The summed E-state index contributed by atoms with van der Waals surface area (Å²) in [6.07, 6.45) is 4.11. The lowest BCUT2D eigenvalue weighted by atomic mass is 10.1. The molecular formula is C11H14ClN3O. The Morgan fingerprint density at radius 3 is 2.50 bits per heavy atom. The average Bonchev–Trinajstić information content (AvgIpc) is 2.24. The topological polar surface area (TPSA) is 82.5 Å². The zero-order chi connectivity index (χ0) is 12.7. The molecule has 0 unspecified atom stereocenters. The van der Waals surface area contributed by atoms with Crippen LogP contribution in [-0.2, 0) is 0 Å². The number of nitrogens with zero attached hydrogens (tertiary/aromatic N) is 1. The van der Waals surface area contributed by atoms with E-state index in [2.05, 4.69) is 18.3 Å². The molecule has 86 valence electrons. The van der Waals surface area contributed by atoms with Gasteiger partial charge >= 0.3 is 0 Å². The predicted molar refractivity (Wildman–Crippen MR) is 69.0 cm³/mol. The van der Waals surface area contributed by atoms with Gasteiger partial charge in [-0.25, -0.2) is 0 Å². The first-order valence-corrected chi connectivity index (χ1v) is 4.72. The monoisotopic (exact) mass is 239 g/mol. The lowest BCUT2D eigenvalue weighted by molar-refractivity contribution is 0.420. The van der Waals surface area contributed by atoms with E-state index in [9.17, 15) is 5.11 Å². The lowest BCUT2D eigenvalue weighted by Gasteiger charge is -2.03. The summed E-state index contributed by atoms with van der Waals surface area (Å²) in [5, 5.41) is 16.7. The lowest BCUT2D eigenvalue weighted by Crippen LogP contribution is -2.03. The van der Waals surface area contributed by atoms with Crippen LogP contribution in [0.5, 0.6) is 0 Å². The number of aliphatic imine (C=N–C) groups is 1. The van der Waals surface area contributed by atoms with Crippen LogP contribution in [0.3, 0.4) is 0 Å². The predicted octanol–water partition coefficient (Wildman–Crippen LogP) is 2.65. The maximum absolute atomic E-state index is 9.71. The number of nitrogens with one attached hydrogen (secondary N) is 1. The summed E-state index contributed by atoms with van der Waals surface area (Å²) in [4.78, 5) is 3.50. The van der Waals surface area contributed by atoms with Crippen LogP contribution in [0.1, 0.15) is 6.92 Å². The summed E-state index contributed by atoms with van der Waals surface area (Å²) in [7, 11) is 0. The zero-order valence-corrected chi connectivity index (χ0v) is 9.75. The molecule has 0 aliphatic rings. The Bertz CT molecular complexity index is 405. The van der Waals surface area contributed by atoms with Crippen LogP contribution in [0.2, 0.25) is 0 Å². The Balaban J connectivity index is 5.33. The fourth-order valence-corrected chi connectivity index (χ4v) is 0.895. The number of rotatable bonds is 5. The molecular weight excluding hydrogens is 226 g/mol. The Morgan fingerprint density at radius 1 is 1.56 bits per heavy atom. The summed E-state index contributed by atoms with van der Waals surface area (Å²) in [5.41, 5.74) is 6.48. The molecule has 16 heavy (non-hydrogen) atoms. The largest absolute Gasteiger partial charge is 0.505 e. The number of allylic oxidation sites excluding steroid dienone is 3. The van der Waals surface area contributed by atoms with Crippen molar-refractivity contribution in [3.05, 3.63) is 47.5 Å². The molecule has 0 aromatic heterocycles. The van der Waals surface area contributed by atoms with Gasteiger partial charge in [0, 0.05) is 11.8 Å². The van der Waals surface area contributed by atoms with Crippen LogP contribution in [0, 0.1) is 5.41 Å². The molecule has 0 fully saturated rings. The zero-order valence-electron chi connectivity index (χ0n) is 9.00. The maximum atomic E-state index is 9.71. The molecule has 5 heteroatoms. The average molecular weight is 240 g/mol. The van der Waals surface area contributed by atoms with Crippen molar-refractivity contribution in [2.24, 2.45) is 10.7 Å². The molecule has 0 amide bonds. The molecule has 0 saturated carbocycles. The molecule has 0 heterocycles. The van der Waals surface area contributed by atoms with Crippen LogP contribution < -0.4 is 5.73 Å². The van der Waals surface area contributed by atoms with Gasteiger partial charge in [0.2, 0.25) is 0 Å². The van der Waals surface area contributed by atoms with Gasteiger partial charge in [-0.2, -0.15) is 0 Å². The third-order valence-corrected chi connectivity index (χ3v) is 2.01. The molecule has 0 saturated heterocycles. The van der Waals surface area contributed by atoms with Crippen LogP contribution in [-0.4, -0.2) is 17.0 Å². The number of hydrogen-bond acceptors (Lipinski definition) is 4. The summed E-state index contributed by atoms with van der Waals surface area (Å²) in [6, 6.07) is 0. The fourth-order valence-electron chi connectivity index (χ4n) is 0.841. The van der Waals surface area contributed by atoms with E-state index in [1.54, 1.807) is 6.92 Å². The van der Waals surface area contributed by atoms with Crippen LogP contribution >= 0.6 is 11.6 Å². The number of aliphatic hydroxyl groups excluding tert-OH is 1. The van der Waals surface area contributed by atoms with E-state index in [-0.39, 0.29) is 16.6 Å². The fraction of sp³-hybridized carbons (Fsp3) is 0.0909. The first-order chi connectivity index (χ1) is 7.43. The Morgan fingerprint density at radius 2 is 2.12 bits per heavy atom. The molecule has 0 aromatic rings. The molecule has 0 aliphatic heterocycles. The molecule has 0 aliphatic carbocycles. The quantitative estimate of drug-likeness (QED) is 0.392. The van der Waals surface area contributed by atoms with E-state index in [4.69, 9.17) is 22.7 Å². The van der Waals surface area contributed by atoms with Crippen molar-refractivity contribution >= 4 is 23.5 Å². The van der Waals surface area contributed by atoms with Crippen molar-refractivity contribution in [2.75, 3.05) is 0 Å². The minimum Gasteiger partial charge on any atom is -0.505 e. The van der Waals surface area contributed by atoms with Gasteiger partial charge in [-0.3, -0.25) is 10.4 Å². The summed E-state index contributed by atoms with van der Waals surface area (Å²) in [5.74, 6) is -0.181. The minimum atomic E-state index is -0.181. The second-order valence-corrected chi connectivity index (χ2v) is 3.29. The summed E-state index contributed by atoms with van der Waals surface area (Å²) >= 11 is 5.44. The van der Waals surface area contributed by atoms with Crippen LogP contribution in [0.4, 0.5) is 0 Å². The molecule has 4 nitrogen and oxygen atoms in total. The second kappa shape index (κ2) is 6.63. The highest BCUT2D eigenvalue weighted by Crippen LogP contribution is 2.13. The molecule has 0 bridgehead atoms. The van der Waals surface area contributed by atoms with Crippen molar-refractivity contribution in [1.29, 1.82) is 5.41 Å².